The molecule has 0 radical (unpaired) electrons. The van der Waals surface area contributed by atoms with Gasteiger partial charge in [-0.25, -0.2) is 10.2 Å². The molecule has 2 aromatic carbocycles. The highest BCUT2D eigenvalue weighted by atomic mass is 35.5. The largest absolute Gasteiger partial charge is 0.493 e. The first-order chi connectivity index (χ1) is 20.1. The van der Waals surface area contributed by atoms with Crippen molar-refractivity contribution in [2.45, 2.75) is 40.4 Å². The van der Waals surface area contributed by atoms with Crippen LogP contribution in [0.1, 0.15) is 47.1 Å². The predicted molar refractivity (Wildman–Crippen MR) is 158 cm³/mol. The number of hydrogen-bond acceptors (Lipinski definition) is 8. The summed E-state index contributed by atoms with van der Waals surface area (Å²) in [7, 11) is 1.44. The standard InChI is InChI=1S/C31H32ClN3O7/c1-19(2)41-29(36)18-40-30-26(32)14-22(15-28(30)38-5)16-33-34-31(37)27-13-12-25(42-27)17-39-24-10-8-23(9-11-24)35-20(3)6-7-21(35)4/h6-16,19H,17-18H2,1-5H3,(H,34,37)/b33-16+. The summed E-state index contributed by atoms with van der Waals surface area (Å²) in [6, 6.07) is 18.3. The monoisotopic (exact) mass is 593 g/mol. The summed E-state index contributed by atoms with van der Waals surface area (Å²) in [6.45, 7) is 7.43. The van der Waals surface area contributed by atoms with Gasteiger partial charge in [0.05, 0.1) is 24.5 Å². The second-order valence-corrected chi connectivity index (χ2v) is 9.97. The number of esters is 1. The zero-order valence-electron chi connectivity index (χ0n) is 24.0. The minimum atomic E-state index is -0.541. The SMILES string of the molecule is COc1cc(/C=N/NC(=O)c2ccc(COc3ccc(-n4c(C)ccc4C)cc3)o2)cc(Cl)c1OCC(=O)OC(C)C. The van der Waals surface area contributed by atoms with Crippen LogP contribution in [0, 0.1) is 13.8 Å². The zero-order chi connectivity index (χ0) is 30.2. The van der Waals surface area contributed by atoms with Crippen molar-refractivity contribution in [3.8, 4) is 22.9 Å². The average Bonchev–Trinajstić information content (AvgIpc) is 3.57. The van der Waals surface area contributed by atoms with Crippen LogP contribution in [0.15, 0.2) is 70.2 Å². The number of nitrogens with zero attached hydrogens (tertiary/aromatic N) is 2. The van der Waals surface area contributed by atoms with Crippen molar-refractivity contribution >= 4 is 29.7 Å². The molecule has 10 nitrogen and oxygen atoms in total. The number of furan rings is 1. The molecule has 2 heterocycles. The quantitative estimate of drug-likeness (QED) is 0.121. The molecule has 220 valence electrons. The first-order valence-corrected chi connectivity index (χ1v) is 13.5. The maximum atomic E-state index is 12.5. The number of aromatic nitrogens is 1. The van der Waals surface area contributed by atoms with Crippen molar-refractivity contribution < 1.29 is 33.0 Å². The maximum absolute atomic E-state index is 12.5. The van der Waals surface area contributed by atoms with Gasteiger partial charge in [0.2, 0.25) is 0 Å². The van der Waals surface area contributed by atoms with E-state index >= 15 is 0 Å². The average molecular weight is 594 g/mol. The van der Waals surface area contributed by atoms with Gasteiger partial charge in [-0.15, -0.1) is 0 Å². The third kappa shape index (κ3) is 7.73. The second-order valence-electron chi connectivity index (χ2n) is 9.56. The molecule has 4 rings (SSSR count). The van der Waals surface area contributed by atoms with Gasteiger partial charge < -0.3 is 27.9 Å². The van der Waals surface area contributed by atoms with Crippen LogP contribution < -0.4 is 19.6 Å². The fourth-order valence-electron chi connectivity index (χ4n) is 4.10. The van der Waals surface area contributed by atoms with Crippen LogP contribution in [-0.2, 0) is 16.1 Å². The van der Waals surface area contributed by atoms with Gasteiger partial charge in [0, 0.05) is 17.1 Å². The molecule has 11 heteroatoms. The van der Waals surface area contributed by atoms with Crippen molar-refractivity contribution in [2.24, 2.45) is 5.10 Å². The molecule has 1 N–H and O–H groups in total. The number of carbonyl (C=O) groups is 2. The number of rotatable bonds is 12. The van der Waals surface area contributed by atoms with Crippen LogP contribution in [0.3, 0.4) is 0 Å². The molecular weight excluding hydrogens is 562 g/mol. The molecule has 0 fully saturated rings. The molecule has 0 aliphatic heterocycles. The third-order valence-corrected chi connectivity index (χ3v) is 6.25. The number of amides is 1. The molecular formula is C31H32ClN3O7. The van der Waals surface area contributed by atoms with Gasteiger partial charge in [0.1, 0.15) is 18.1 Å². The molecule has 0 saturated carbocycles. The molecule has 1 amide bonds. The third-order valence-electron chi connectivity index (χ3n) is 5.97. The van der Waals surface area contributed by atoms with E-state index in [1.165, 1.54) is 13.3 Å². The second kappa shape index (κ2) is 13.8. The Morgan fingerprint density at radius 2 is 1.74 bits per heavy atom. The Morgan fingerprint density at radius 1 is 1.02 bits per heavy atom. The zero-order valence-corrected chi connectivity index (χ0v) is 24.7. The fourth-order valence-corrected chi connectivity index (χ4v) is 4.38. The van der Waals surface area contributed by atoms with Crippen molar-refractivity contribution in [2.75, 3.05) is 13.7 Å². The number of methoxy groups -OCH3 is 1. The molecule has 2 aromatic heterocycles. The fraction of sp³-hybridized carbons (Fsp3) is 0.258. The Balaban J connectivity index is 1.30. The summed E-state index contributed by atoms with van der Waals surface area (Å²) < 4.78 is 29.5. The van der Waals surface area contributed by atoms with Gasteiger partial charge in [-0.1, -0.05) is 11.6 Å². The van der Waals surface area contributed by atoms with Crippen molar-refractivity contribution in [1.82, 2.24) is 9.99 Å². The molecule has 0 aliphatic carbocycles. The molecule has 0 unspecified atom stereocenters. The molecule has 0 spiro atoms. The van der Waals surface area contributed by atoms with Crippen LogP contribution in [0.4, 0.5) is 0 Å². The van der Waals surface area contributed by atoms with Crippen LogP contribution in [0.25, 0.3) is 5.69 Å². The van der Waals surface area contributed by atoms with Gasteiger partial charge in [-0.2, -0.15) is 5.10 Å². The van der Waals surface area contributed by atoms with E-state index < -0.39 is 11.9 Å². The topological polar surface area (TPSA) is 114 Å². The summed E-state index contributed by atoms with van der Waals surface area (Å²) in [5.74, 6) is 0.634. The number of hydrogen-bond donors (Lipinski definition) is 1. The van der Waals surface area contributed by atoms with E-state index in [2.05, 4.69) is 41.1 Å². The van der Waals surface area contributed by atoms with Crippen molar-refractivity contribution in [1.29, 1.82) is 0 Å². The Labute approximate surface area is 248 Å². The van der Waals surface area contributed by atoms with E-state index in [1.807, 2.05) is 24.3 Å². The Kier molecular flexibility index (Phi) is 9.93. The summed E-state index contributed by atoms with van der Waals surface area (Å²) in [4.78, 5) is 24.3. The highest BCUT2D eigenvalue weighted by Crippen LogP contribution is 2.36. The van der Waals surface area contributed by atoms with Gasteiger partial charge in [-0.05, 0) is 93.9 Å². The minimum Gasteiger partial charge on any atom is -0.493 e. The lowest BCUT2D eigenvalue weighted by atomic mass is 10.2. The van der Waals surface area contributed by atoms with Gasteiger partial charge in [0.25, 0.3) is 0 Å². The van der Waals surface area contributed by atoms with E-state index in [0.29, 0.717) is 17.1 Å². The number of halogens is 1. The number of nitrogens with one attached hydrogen (secondary N) is 1. The molecule has 0 bridgehead atoms. The van der Waals surface area contributed by atoms with E-state index in [9.17, 15) is 9.59 Å². The smallest absolute Gasteiger partial charge is 0.344 e. The van der Waals surface area contributed by atoms with Crippen LogP contribution in [0.2, 0.25) is 5.02 Å². The molecule has 0 aliphatic rings. The lowest BCUT2D eigenvalue weighted by Crippen LogP contribution is -2.19. The number of ether oxygens (including phenoxy) is 4. The van der Waals surface area contributed by atoms with Gasteiger partial charge in [-0.3, -0.25) is 4.79 Å². The Bertz CT molecular complexity index is 1550. The highest BCUT2D eigenvalue weighted by Gasteiger charge is 2.15. The minimum absolute atomic E-state index is 0.0762. The van der Waals surface area contributed by atoms with E-state index in [0.717, 1.165) is 17.1 Å². The summed E-state index contributed by atoms with van der Waals surface area (Å²) in [5, 5.41) is 4.16. The summed E-state index contributed by atoms with van der Waals surface area (Å²) in [5.41, 5.74) is 6.29. The van der Waals surface area contributed by atoms with E-state index in [-0.39, 0.29) is 41.6 Å². The first kappa shape index (κ1) is 30.3. The molecule has 0 atom stereocenters. The maximum Gasteiger partial charge on any atom is 0.344 e. The molecule has 42 heavy (non-hydrogen) atoms. The summed E-state index contributed by atoms with van der Waals surface area (Å²) >= 11 is 6.33. The van der Waals surface area contributed by atoms with Gasteiger partial charge in [0.15, 0.2) is 23.9 Å². The van der Waals surface area contributed by atoms with Crippen molar-refractivity contribution in [3.63, 3.8) is 0 Å². The molecule has 4 aromatic rings. The normalized spacial score (nSPS) is 11.1. The van der Waals surface area contributed by atoms with Crippen molar-refractivity contribution in [3.05, 3.63) is 94.2 Å². The van der Waals surface area contributed by atoms with Crippen LogP contribution in [-0.4, -0.2) is 42.5 Å². The van der Waals surface area contributed by atoms with Gasteiger partial charge >= 0.3 is 11.9 Å². The lowest BCUT2D eigenvalue weighted by Gasteiger charge is -2.13. The molecule has 0 saturated heterocycles. The van der Waals surface area contributed by atoms with E-state index in [4.69, 9.17) is 35.0 Å². The van der Waals surface area contributed by atoms with Crippen LogP contribution in [0.5, 0.6) is 17.2 Å². The highest BCUT2D eigenvalue weighted by molar-refractivity contribution is 6.32. The number of carbonyl (C=O) groups excluding carboxylic acids is 2. The Hall–Kier alpha value is -4.70. The van der Waals surface area contributed by atoms with E-state index in [1.54, 1.807) is 38.1 Å². The number of benzene rings is 2. The number of aryl methyl sites for hydroxylation is 2. The van der Waals surface area contributed by atoms with Crippen LogP contribution >= 0.6 is 11.6 Å². The first-order valence-electron chi connectivity index (χ1n) is 13.1. The Morgan fingerprint density at radius 3 is 2.40 bits per heavy atom. The number of hydrazone groups is 1. The predicted octanol–water partition coefficient (Wildman–Crippen LogP) is 6.02. The lowest BCUT2D eigenvalue weighted by molar-refractivity contribution is -0.149. The summed E-state index contributed by atoms with van der Waals surface area (Å²) in [6.07, 6.45) is 1.12.